The van der Waals surface area contributed by atoms with Crippen LogP contribution in [0.25, 0.3) is 0 Å². The summed E-state index contributed by atoms with van der Waals surface area (Å²) in [4.78, 5) is 3.94. The minimum Gasteiger partial charge on any atom is -0.412 e. The minimum absolute atomic E-state index is 0. The van der Waals surface area contributed by atoms with E-state index in [1.165, 1.54) is 0 Å². The molecule has 0 aliphatic rings. The van der Waals surface area contributed by atoms with Crippen molar-refractivity contribution < 1.29 is 11.0 Å². The maximum atomic E-state index is 5.09. The molecule has 10 N–H and O–H groups in total. The third kappa shape index (κ3) is 3.12. The zero-order valence-corrected chi connectivity index (χ0v) is 6.33. The lowest BCUT2D eigenvalue weighted by Crippen LogP contribution is -2.12. The van der Waals surface area contributed by atoms with E-state index < -0.39 is 0 Å². The fraction of sp³-hybridized carbons (Fsp3) is 0. The van der Waals surface area contributed by atoms with Gasteiger partial charge < -0.3 is 21.8 Å². The van der Waals surface area contributed by atoms with Crippen molar-refractivity contribution in [3.05, 3.63) is 18.2 Å². The van der Waals surface area contributed by atoms with Crippen LogP contribution in [0.2, 0.25) is 0 Å². The molecule has 0 amide bonds. The number of nitrogens with zero attached hydrogens (tertiary/aromatic N) is 1. The molecule has 0 aromatic carbocycles. The molecule has 0 bridgehead atoms. The summed E-state index contributed by atoms with van der Waals surface area (Å²) in [5.41, 5.74) is 4.79. The summed E-state index contributed by atoms with van der Waals surface area (Å²) in [6.07, 6.45) is 0. The molecule has 1 aromatic heterocycles. The molecule has 0 fully saturated rings. The summed E-state index contributed by atoms with van der Waals surface area (Å²) >= 11 is 0. The van der Waals surface area contributed by atoms with Crippen LogP contribution in [0, 0.1) is 0 Å². The van der Waals surface area contributed by atoms with E-state index in [1.807, 2.05) is 0 Å². The average Bonchev–Trinajstić information content (AvgIpc) is 2.05. The van der Waals surface area contributed by atoms with Gasteiger partial charge in [0, 0.05) is 0 Å². The molecular formula is C5H13N5O2. The Morgan fingerprint density at radius 3 is 1.75 bits per heavy atom. The Balaban J connectivity index is 0. The van der Waals surface area contributed by atoms with Gasteiger partial charge in [-0.15, -0.1) is 0 Å². The first-order chi connectivity index (χ1) is 4.86. The molecule has 0 radical (unpaired) electrons. The first-order valence-electron chi connectivity index (χ1n) is 2.77. The molecule has 0 saturated heterocycles. The summed E-state index contributed by atoms with van der Waals surface area (Å²) in [5.74, 6) is 11.3. The molecule has 0 atom stereocenters. The fourth-order valence-electron chi connectivity index (χ4n) is 0.595. The minimum atomic E-state index is 0. The van der Waals surface area contributed by atoms with Crippen molar-refractivity contribution in [1.82, 2.24) is 4.98 Å². The second-order valence-corrected chi connectivity index (χ2v) is 1.70. The zero-order chi connectivity index (χ0) is 7.40. The van der Waals surface area contributed by atoms with Gasteiger partial charge in [0.15, 0.2) is 0 Å². The predicted molar refractivity (Wildman–Crippen MR) is 47.1 cm³/mol. The molecule has 7 heteroatoms. The maximum absolute atomic E-state index is 5.09. The highest BCUT2D eigenvalue weighted by molar-refractivity contribution is 5.43. The standard InChI is InChI=1S/C5H9N5.2H2O/c6-9-4-2-1-3-5(8-4)10-7;;/h1-3H,6-7H2,(H2,8,9,10);2*1H2. The van der Waals surface area contributed by atoms with E-state index in [0.29, 0.717) is 11.6 Å². The van der Waals surface area contributed by atoms with Gasteiger partial charge in [0.05, 0.1) is 0 Å². The highest BCUT2D eigenvalue weighted by Gasteiger charge is 1.90. The Bertz CT molecular complexity index is 199. The van der Waals surface area contributed by atoms with Gasteiger partial charge in [0.1, 0.15) is 11.6 Å². The third-order valence-corrected chi connectivity index (χ3v) is 1.04. The van der Waals surface area contributed by atoms with Gasteiger partial charge in [0.25, 0.3) is 0 Å². The van der Waals surface area contributed by atoms with Gasteiger partial charge in [0.2, 0.25) is 0 Å². The van der Waals surface area contributed by atoms with Gasteiger partial charge in [-0.3, -0.25) is 0 Å². The van der Waals surface area contributed by atoms with Crippen LogP contribution in [-0.4, -0.2) is 15.9 Å². The number of hydrazine groups is 2. The fourth-order valence-corrected chi connectivity index (χ4v) is 0.595. The third-order valence-electron chi connectivity index (χ3n) is 1.04. The zero-order valence-electron chi connectivity index (χ0n) is 6.33. The van der Waals surface area contributed by atoms with E-state index in [0.717, 1.165) is 0 Å². The monoisotopic (exact) mass is 175 g/mol. The SMILES string of the molecule is NNc1cccc(NN)n1.O.O. The van der Waals surface area contributed by atoms with Gasteiger partial charge in [-0.25, -0.2) is 16.7 Å². The van der Waals surface area contributed by atoms with Crippen LogP contribution in [0.5, 0.6) is 0 Å². The molecular weight excluding hydrogens is 162 g/mol. The van der Waals surface area contributed by atoms with Gasteiger partial charge in [-0.1, -0.05) is 6.07 Å². The number of pyridine rings is 1. The van der Waals surface area contributed by atoms with Crippen LogP contribution in [0.3, 0.4) is 0 Å². The van der Waals surface area contributed by atoms with E-state index >= 15 is 0 Å². The lowest BCUT2D eigenvalue weighted by Gasteiger charge is -2.00. The molecule has 1 heterocycles. The van der Waals surface area contributed by atoms with Gasteiger partial charge >= 0.3 is 0 Å². The Kier molecular flexibility index (Phi) is 6.94. The molecule has 1 aromatic rings. The quantitative estimate of drug-likeness (QED) is 0.302. The molecule has 0 unspecified atom stereocenters. The summed E-state index contributed by atoms with van der Waals surface area (Å²) < 4.78 is 0. The molecule has 0 aliphatic carbocycles. The number of rotatable bonds is 2. The number of hydrogen-bond donors (Lipinski definition) is 4. The Hall–Kier alpha value is -1.41. The van der Waals surface area contributed by atoms with E-state index in [9.17, 15) is 0 Å². The molecule has 0 saturated carbocycles. The highest BCUT2D eigenvalue weighted by atomic mass is 16.0. The molecule has 70 valence electrons. The maximum Gasteiger partial charge on any atom is 0.142 e. The number of hydrogen-bond acceptors (Lipinski definition) is 5. The summed E-state index contributed by atoms with van der Waals surface area (Å²) in [5, 5.41) is 0. The van der Waals surface area contributed by atoms with Crippen LogP contribution in [0.4, 0.5) is 11.6 Å². The van der Waals surface area contributed by atoms with Crippen molar-refractivity contribution >= 4 is 11.6 Å². The number of aromatic nitrogens is 1. The number of anilines is 2. The van der Waals surface area contributed by atoms with Crippen LogP contribution in [0.15, 0.2) is 18.2 Å². The smallest absolute Gasteiger partial charge is 0.142 e. The van der Waals surface area contributed by atoms with Crippen molar-refractivity contribution in [3.8, 4) is 0 Å². The first-order valence-corrected chi connectivity index (χ1v) is 2.77. The second kappa shape index (κ2) is 6.31. The Morgan fingerprint density at radius 2 is 1.42 bits per heavy atom. The van der Waals surface area contributed by atoms with Crippen molar-refractivity contribution in [2.45, 2.75) is 0 Å². The lowest BCUT2D eigenvalue weighted by atomic mass is 10.4. The Labute approximate surface area is 69.3 Å². The molecule has 1 rings (SSSR count). The normalized spacial score (nSPS) is 7.50. The number of nitrogens with one attached hydrogen (secondary N) is 2. The van der Waals surface area contributed by atoms with E-state index in [1.54, 1.807) is 18.2 Å². The summed E-state index contributed by atoms with van der Waals surface area (Å²) in [6, 6.07) is 5.26. The van der Waals surface area contributed by atoms with Crippen LogP contribution in [0.1, 0.15) is 0 Å². The number of nitrogens with two attached hydrogens (primary N) is 2. The largest absolute Gasteiger partial charge is 0.412 e. The molecule has 0 aliphatic heterocycles. The second-order valence-electron chi connectivity index (χ2n) is 1.70. The van der Waals surface area contributed by atoms with Crippen LogP contribution < -0.4 is 22.5 Å². The van der Waals surface area contributed by atoms with Crippen LogP contribution in [-0.2, 0) is 0 Å². The number of nitrogen functional groups attached to an aromatic ring is 2. The topological polar surface area (TPSA) is 152 Å². The summed E-state index contributed by atoms with van der Waals surface area (Å²) in [7, 11) is 0. The molecule has 0 spiro atoms. The average molecular weight is 175 g/mol. The van der Waals surface area contributed by atoms with Crippen LogP contribution >= 0.6 is 0 Å². The van der Waals surface area contributed by atoms with Crippen molar-refractivity contribution in [3.63, 3.8) is 0 Å². The Morgan fingerprint density at radius 1 is 1.00 bits per heavy atom. The van der Waals surface area contributed by atoms with Crippen molar-refractivity contribution in [1.29, 1.82) is 0 Å². The summed E-state index contributed by atoms with van der Waals surface area (Å²) in [6.45, 7) is 0. The lowest BCUT2D eigenvalue weighted by molar-refractivity contribution is 0.823. The van der Waals surface area contributed by atoms with Gasteiger partial charge in [-0.2, -0.15) is 0 Å². The molecule has 12 heavy (non-hydrogen) atoms. The highest BCUT2D eigenvalue weighted by Crippen LogP contribution is 2.05. The van der Waals surface area contributed by atoms with E-state index in [-0.39, 0.29) is 11.0 Å². The van der Waals surface area contributed by atoms with Gasteiger partial charge in [-0.05, 0) is 12.1 Å². The van der Waals surface area contributed by atoms with Crippen molar-refractivity contribution in [2.24, 2.45) is 11.7 Å². The predicted octanol–water partition coefficient (Wildman–Crippen LogP) is -2.00. The molecule has 7 nitrogen and oxygen atoms in total. The van der Waals surface area contributed by atoms with E-state index in [4.69, 9.17) is 11.7 Å². The van der Waals surface area contributed by atoms with Crippen molar-refractivity contribution in [2.75, 3.05) is 10.9 Å². The first kappa shape index (κ1) is 13.2. The van der Waals surface area contributed by atoms with E-state index in [2.05, 4.69) is 15.8 Å².